The molecule has 1 amide bonds. The van der Waals surface area contributed by atoms with Crippen LogP contribution in [0.4, 0.5) is 0 Å². The Morgan fingerprint density at radius 2 is 1.73 bits per heavy atom. The van der Waals surface area contributed by atoms with Crippen LogP contribution in [0, 0.1) is 6.92 Å². The molecule has 0 atom stereocenters. The van der Waals surface area contributed by atoms with E-state index in [0.717, 1.165) is 5.56 Å². The summed E-state index contributed by atoms with van der Waals surface area (Å²) in [5, 5.41) is 2.70. The number of thioether (sulfide) groups is 1. The van der Waals surface area contributed by atoms with E-state index < -0.39 is 10.0 Å². The van der Waals surface area contributed by atoms with Crippen LogP contribution in [0.25, 0.3) is 0 Å². The normalized spacial score (nSPS) is 12.2. The van der Waals surface area contributed by atoms with Crippen LogP contribution in [0.3, 0.4) is 0 Å². The molecule has 0 saturated heterocycles. The SMILES string of the molecule is Cc1ccc(S(=O)(=O)NCCNC(=O)CSC(C)(C)C)cc1. The van der Waals surface area contributed by atoms with Gasteiger partial charge in [-0.3, -0.25) is 4.79 Å². The molecule has 22 heavy (non-hydrogen) atoms. The van der Waals surface area contributed by atoms with E-state index in [2.05, 4.69) is 10.0 Å². The molecule has 7 heteroatoms. The number of amides is 1. The van der Waals surface area contributed by atoms with Gasteiger partial charge in [-0.1, -0.05) is 38.5 Å². The predicted molar refractivity (Wildman–Crippen MR) is 91.6 cm³/mol. The van der Waals surface area contributed by atoms with Crippen LogP contribution in [0.1, 0.15) is 26.3 Å². The summed E-state index contributed by atoms with van der Waals surface area (Å²) in [4.78, 5) is 11.8. The molecule has 0 spiro atoms. The van der Waals surface area contributed by atoms with Gasteiger partial charge >= 0.3 is 0 Å². The summed E-state index contributed by atoms with van der Waals surface area (Å²) in [6, 6.07) is 6.63. The van der Waals surface area contributed by atoms with Gasteiger partial charge in [-0.25, -0.2) is 13.1 Å². The van der Waals surface area contributed by atoms with E-state index in [-0.39, 0.29) is 28.6 Å². The second-order valence-electron chi connectivity index (χ2n) is 5.96. The standard InChI is InChI=1S/C15H24N2O3S2/c1-12-5-7-13(8-6-12)22(19,20)17-10-9-16-14(18)11-21-15(2,3)4/h5-8,17H,9-11H2,1-4H3,(H,16,18). The summed E-state index contributed by atoms with van der Waals surface area (Å²) < 4.78 is 26.5. The van der Waals surface area contributed by atoms with Crippen molar-refractivity contribution >= 4 is 27.7 Å². The first-order valence-corrected chi connectivity index (χ1v) is 9.54. The van der Waals surface area contributed by atoms with Crippen molar-refractivity contribution < 1.29 is 13.2 Å². The first-order valence-electron chi connectivity index (χ1n) is 7.07. The van der Waals surface area contributed by atoms with Crippen molar-refractivity contribution in [2.75, 3.05) is 18.8 Å². The van der Waals surface area contributed by atoms with Crippen molar-refractivity contribution in [2.45, 2.75) is 37.3 Å². The molecular formula is C15H24N2O3S2. The van der Waals surface area contributed by atoms with Crippen LogP contribution in [-0.2, 0) is 14.8 Å². The molecule has 124 valence electrons. The third-order valence-corrected chi connectivity index (χ3v) is 5.46. The van der Waals surface area contributed by atoms with Gasteiger partial charge in [0.05, 0.1) is 10.6 Å². The Hall–Kier alpha value is -1.05. The van der Waals surface area contributed by atoms with Crippen LogP contribution in [-0.4, -0.2) is 37.9 Å². The molecule has 1 rings (SSSR count). The highest BCUT2D eigenvalue weighted by molar-refractivity contribution is 8.01. The summed E-state index contributed by atoms with van der Waals surface area (Å²) in [6.45, 7) is 8.47. The van der Waals surface area contributed by atoms with Crippen molar-refractivity contribution in [1.29, 1.82) is 0 Å². The average molecular weight is 345 g/mol. The third-order valence-electron chi connectivity index (χ3n) is 2.71. The van der Waals surface area contributed by atoms with Crippen molar-refractivity contribution in [2.24, 2.45) is 0 Å². The molecule has 0 fully saturated rings. The van der Waals surface area contributed by atoms with Crippen molar-refractivity contribution in [1.82, 2.24) is 10.0 Å². The largest absolute Gasteiger partial charge is 0.354 e. The number of hydrogen-bond acceptors (Lipinski definition) is 4. The molecule has 0 radical (unpaired) electrons. The van der Waals surface area contributed by atoms with E-state index in [0.29, 0.717) is 5.75 Å². The van der Waals surface area contributed by atoms with Crippen LogP contribution in [0.5, 0.6) is 0 Å². The molecule has 5 nitrogen and oxygen atoms in total. The lowest BCUT2D eigenvalue weighted by Crippen LogP contribution is -2.35. The molecule has 0 heterocycles. The Morgan fingerprint density at radius 1 is 1.14 bits per heavy atom. The van der Waals surface area contributed by atoms with Crippen LogP contribution >= 0.6 is 11.8 Å². The second-order valence-corrected chi connectivity index (χ2v) is 9.53. The van der Waals surface area contributed by atoms with E-state index >= 15 is 0 Å². The fraction of sp³-hybridized carbons (Fsp3) is 0.533. The molecule has 0 saturated carbocycles. The number of carbonyl (C=O) groups is 1. The lowest BCUT2D eigenvalue weighted by atomic mass is 10.2. The van der Waals surface area contributed by atoms with Crippen molar-refractivity contribution in [3.8, 4) is 0 Å². The lowest BCUT2D eigenvalue weighted by molar-refractivity contribution is -0.118. The molecular weight excluding hydrogens is 320 g/mol. The van der Waals surface area contributed by atoms with Gasteiger partial charge in [0.2, 0.25) is 15.9 Å². The number of carbonyl (C=O) groups excluding carboxylic acids is 1. The molecule has 0 aliphatic rings. The summed E-state index contributed by atoms with van der Waals surface area (Å²) in [6.07, 6.45) is 0. The predicted octanol–water partition coefficient (Wildman–Crippen LogP) is 1.92. The van der Waals surface area contributed by atoms with Gasteiger partial charge in [0.1, 0.15) is 0 Å². The molecule has 0 aromatic heterocycles. The maximum Gasteiger partial charge on any atom is 0.240 e. The zero-order valence-electron chi connectivity index (χ0n) is 13.5. The summed E-state index contributed by atoms with van der Waals surface area (Å²) in [5.74, 6) is 0.281. The molecule has 0 aliphatic carbocycles. The van der Waals surface area contributed by atoms with Gasteiger partial charge in [-0.05, 0) is 19.1 Å². The highest BCUT2D eigenvalue weighted by Crippen LogP contribution is 2.22. The first kappa shape index (κ1) is 19.0. The smallest absolute Gasteiger partial charge is 0.240 e. The lowest BCUT2D eigenvalue weighted by Gasteiger charge is -2.17. The highest BCUT2D eigenvalue weighted by Gasteiger charge is 2.14. The van der Waals surface area contributed by atoms with E-state index in [1.165, 1.54) is 0 Å². The number of sulfonamides is 1. The molecule has 0 aliphatic heterocycles. The second kappa shape index (κ2) is 7.99. The zero-order valence-corrected chi connectivity index (χ0v) is 15.1. The highest BCUT2D eigenvalue weighted by atomic mass is 32.2. The molecule has 2 N–H and O–H groups in total. The summed E-state index contributed by atoms with van der Waals surface area (Å²) >= 11 is 1.55. The van der Waals surface area contributed by atoms with Gasteiger partial charge in [0.15, 0.2) is 0 Å². The molecule has 1 aromatic carbocycles. The topological polar surface area (TPSA) is 75.3 Å². The fourth-order valence-electron chi connectivity index (χ4n) is 1.52. The Kier molecular flexibility index (Phi) is 6.90. The third kappa shape index (κ3) is 7.29. The minimum atomic E-state index is -3.52. The Labute approximate surface area is 137 Å². The van der Waals surface area contributed by atoms with Crippen LogP contribution < -0.4 is 10.0 Å². The summed E-state index contributed by atoms with van der Waals surface area (Å²) in [5.41, 5.74) is 1.00. The Bertz CT molecular complexity index is 590. The monoisotopic (exact) mass is 344 g/mol. The van der Waals surface area contributed by atoms with E-state index in [1.54, 1.807) is 36.0 Å². The van der Waals surface area contributed by atoms with E-state index in [9.17, 15) is 13.2 Å². The number of benzene rings is 1. The van der Waals surface area contributed by atoms with E-state index in [4.69, 9.17) is 0 Å². The van der Waals surface area contributed by atoms with Crippen LogP contribution in [0.15, 0.2) is 29.2 Å². The van der Waals surface area contributed by atoms with E-state index in [1.807, 2.05) is 27.7 Å². The van der Waals surface area contributed by atoms with Crippen LogP contribution in [0.2, 0.25) is 0 Å². The summed E-state index contributed by atoms with van der Waals surface area (Å²) in [7, 11) is -3.52. The molecule has 0 unspecified atom stereocenters. The van der Waals surface area contributed by atoms with Crippen molar-refractivity contribution in [3.63, 3.8) is 0 Å². The van der Waals surface area contributed by atoms with Gasteiger partial charge < -0.3 is 5.32 Å². The quantitative estimate of drug-likeness (QED) is 0.741. The van der Waals surface area contributed by atoms with Gasteiger partial charge in [0, 0.05) is 17.8 Å². The van der Waals surface area contributed by atoms with Gasteiger partial charge in [0.25, 0.3) is 0 Å². The minimum absolute atomic E-state index is 0.0321. The zero-order chi connectivity index (χ0) is 16.8. The number of hydrogen-bond donors (Lipinski definition) is 2. The average Bonchev–Trinajstić information content (AvgIpc) is 2.41. The van der Waals surface area contributed by atoms with Crippen molar-refractivity contribution in [3.05, 3.63) is 29.8 Å². The molecule has 0 bridgehead atoms. The van der Waals surface area contributed by atoms with Gasteiger partial charge in [-0.2, -0.15) is 0 Å². The number of nitrogens with one attached hydrogen (secondary N) is 2. The Balaban J connectivity index is 2.35. The number of rotatable bonds is 7. The van der Waals surface area contributed by atoms with Gasteiger partial charge in [-0.15, -0.1) is 11.8 Å². The fourth-order valence-corrected chi connectivity index (χ4v) is 3.22. The molecule has 1 aromatic rings. The number of aryl methyl sites for hydroxylation is 1. The first-order chi connectivity index (χ1) is 10.1. The maximum atomic E-state index is 12.0. The maximum absolute atomic E-state index is 12.0. The Morgan fingerprint density at radius 3 is 2.27 bits per heavy atom. The minimum Gasteiger partial charge on any atom is -0.354 e.